The molecular weight excluding hydrogens is 454 g/mol. The molecule has 33 heavy (non-hydrogen) atoms. The number of hydrogen-bond donors (Lipinski definition) is 3. The molecule has 0 atom stereocenters. The van der Waals surface area contributed by atoms with E-state index < -0.39 is 23.9 Å². The van der Waals surface area contributed by atoms with Crippen LogP contribution in [0.15, 0.2) is 29.9 Å². The number of thiazole rings is 1. The fourth-order valence-corrected chi connectivity index (χ4v) is 3.66. The first-order chi connectivity index (χ1) is 15.7. The fraction of sp³-hybridized carbons (Fsp3) is 0.450. The zero-order valence-electron chi connectivity index (χ0n) is 18.5. The van der Waals surface area contributed by atoms with Crippen molar-refractivity contribution in [2.75, 3.05) is 45.4 Å². The van der Waals surface area contributed by atoms with Crippen LogP contribution in [-0.2, 0) is 23.8 Å². The average molecular weight is 482 g/mol. The number of carbonyl (C=O) groups is 4. The number of anilines is 1. The van der Waals surface area contributed by atoms with Crippen LogP contribution in [0, 0.1) is 0 Å². The molecule has 2 heterocycles. The van der Waals surface area contributed by atoms with Crippen molar-refractivity contribution in [2.45, 2.75) is 18.9 Å². The summed E-state index contributed by atoms with van der Waals surface area (Å²) in [7, 11) is 2.68. The van der Waals surface area contributed by atoms with Gasteiger partial charge in [0.25, 0.3) is 11.8 Å². The maximum absolute atomic E-state index is 12.4. The molecule has 13 heteroatoms. The molecule has 12 nitrogen and oxygen atoms in total. The van der Waals surface area contributed by atoms with Crippen molar-refractivity contribution in [1.29, 1.82) is 0 Å². The van der Waals surface area contributed by atoms with Crippen LogP contribution < -0.4 is 20.9 Å². The Bertz CT molecular complexity index is 908. The monoisotopic (exact) mass is 481 g/mol. The Morgan fingerprint density at radius 2 is 1.82 bits per heavy atom. The second kappa shape index (κ2) is 12.6. The highest BCUT2D eigenvalue weighted by atomic mass is 32.1. The highest BCUT2D eigenvalue weighted by molar-refractivity contribution is 7.13. The van der Waals surface area contributed by atoms with Gasteiger partial charge in [-0.1, -0.05) is 13.2 Å². The summed E-state index contributed by atoms with van der Waals surface area (Å²) in [5, 5.41) is 9.56. The van der Waals surface area contributed by atoms with Gasteiger partial charge in [-0.15, -0.1) is 11.3 Å². The standard InChI is InChI=1S/C20H27N5O7S/c1-12(16(26)22-13(2)18(28)31-4)21-17(27)15-11-33-19(24-15)25-7-5-14(6-8-25)23-20(29)32-10-9-30-3/h11,14H,1-2,5-10H2,3-4H3,(H,21,27)(H,22,26)(H,23,29). The third-order valence-electron chi connectivity index (χ3n) is 4.57. The summed E-state index contributed by atoms with van der Waals surface area (Å²) < 4.78 is 14.3. The largest absolute Gasteiger partial charge is 0.464 e. The highest BCUT2D eigenvalue weighted by Crippen LogP contribution is 2.24. The number of amides is 3. The summed E-state index contributed by atoms with van der Waals surface area (Å²) >= 11 is 1.29. The summed E-state index contributed by atoms with van der Waals surface area (Å²) in [5.74, 6) is -2.23. The highest BCUT2D eigenvalue weighted by Gasteiger charge is 2.24. The van der Waals surface area contributed by atoms with Crippen LogP contribution in [0.1, 0.15) is 23.3 Å². The number of carbonyl (C=O) groups excluding carboxylic acids is 4. The van der Waals surface area contributed by atoms with Crippen molar-refractivity contribution in [1.82, 2.24) is 20.9 Å². The Morgan fingerprint density at radius 3 is 2.45 bits per heavy atom. The van der Waals surface area contributed by atoms with Gasteiger partial charge in [-0.05, 0) is 12.8 Å². The third kappa shape index (κ3) is 7.88. The van der Waals surface area contributed by atoms with Gasteiger partial charge in [-0.2, -0.15) is 0 Å². The minimum Gasteiger partial charge on any atom is -0.464 e. The molecule has 3 amide bonds. The maximum Gasteiger partial charge on any atom is 0.407 e. The van der Waals surface area contributed by atoms with Crippen LogP contribution >= 0.6 is 11.3 Å². The third-order valence-corrected chi connectivity index (χ3v) is 5.47. The molecule has 1 aliphatic rings. The molecule has 180 valence electrons. The number of nitrogens with one attached hydrogen (secondary N) is 3. The zero-order chi connectivity index (χ0) is 24.4. The van der Waals surface area contributed by atoms with Crippen LogP contribution in [0.25, 0.3) is 0 Å². The Hall–Kier alpha value is -3.45. The van der Waals surface area contributed by atoms with Crippen molar-refractivity contribution in [2.24, 2.45) is 0 Å². The smallest absolute Gasteiger partial charge is 0.407 e. The quantitative estimate of drug-likeness (QED) is 0.247. The van der Waals surface area contributed by atoms with E-state index in [9.17, 15) is 19.2 Å². The first-order valence-electron chi connectivity index (χ1n) is 9.96. The van der Waals surface area contributed by atoms with Crippen LogP contribution in [0.3, 0.4) is 0 Å². The van der Waals surface area contributed by atoms with E-state index in [0.29, 0.717) is 37.7 Å². The molecule has 0 saturated carbocycles. The summed E-state index contributed by atoms with van der Waals surface area (Å²) in [6.07, 6.45) is 0.918. The summed E-state index contributed by atoms with van der Waals surface area (Å²) in [6, 6.07) is -0.0133. The summed E-state index contributed by atoms with van der Waals surface area (Å²) in [5.41, 5.74) is -0.434. The first kappa shape index (κ1) is 25.8. The van der Waals surface area contributed by atoms with Crippen molar-refractivity contribution >= 4 is 40.3 Å². The van der Waals surface area contributed by atoms with Crippen LogP contribution in [0.4, 0.5) is 9.93 Å². The van der Waals surface area contributed by atoms with Gasteiger partial charge < -0.3 is 35.1 Å². The molecule has 1 fully saturated rings. The van der Waals surface area contributed by atoms with Gasteiger partial charge in [0.15, 0.2) is 5.13 Å². The fourth-order valence-electron chi connectivity index (χ4n) is 2.80. The van der Waals surface area contributed by atoms with Crippen molar-refractivity contribution < 1.29 is 33.4 Å². The number of esters is 1. The number of methoxy groups -OCH3 is 2. The minimum atomic E-state index is -0.812. The molecule has 0 unspecified atom stereocenters. The van der Waals surface area contributed by atoms with Gasteiger partial charge >= 0.3 is 12.1 Å². The van der Waals surface area contributed by atoms with E-state index in [0.717, 1.165) is 7.11 Å². The van der Waals surface area contributed by atoms with Crippen LogP contribution in [0.2, 0.25) is 0 Å². The second-order valence-corrected chi connectivity index (χ2v) is 7.74. The number of nitrogens with zero attached hydrogens (tertiary/aromatic N) is 2. The van der Waals surface area contributed by atoms with E-state index in [-0.39, 0.29) is 29.7 Å². The lowest BCUT2D eigenvalue weighted by atomic mass is 10.1. The Labute approximate surface area is 195 Å². The van der Waals surface area contributed by atoms with E-state index in [1.54, 1.807) is 5.38 Å². The number of piperidine rings is 1. The normalized spacial score (nSPS) is 13.6. The Balaban J connectivity index is 1.81. The average Bonchev–Trinajstić information content (AvgIpc) is 3.29. The van der Waals surface area contributed by atoms with Crippen LogP contribution in [-0.4, -0.2) is 75.4 Å². The SMILES string of the molecule is C=C(NC(=O)c1csc(N2CCC(NC(=O)OCCOC)CC2)n1)C(=O)NC(=C)C(=O)OC. The lowest BCUT2D eigenvalue weighted by Gasteiger charge is -2.31. The molecule has 0 aliphatic carbocycles. The van der Waals surface area contributed by atoms with E-state index in [1.807, 2.05) is 4.90 Å². The number of rotatable bonds is 10. The number of aromatic nitrogens is 1. The second-order valence-electron chi connectivity index (χ2n) is 6.91. The van der Waals surface area contributed by atoms with Gasteiger partial charge in [0.05, 0.1) is 19.4 Å². The van der Waals surface area contributed by atoms with Crippen LogP contribution in [0.5, 0.6) is 0 Å². The van der Waals surface area contributed by atoms with E-state index in [4.69, 9.17) is 9.47 Å². The summed E-state index contributed by atoms with van der Waals surface area (Å²) in [6.45, 7) is 8.67. The van der Waals surface area contributed by atoms with Crippen molar-refractivity contribution in [3.05, 3.63) is 35.6 Å². The van der Waals surface area contributed by atoms with E-state index >= 15 is 0 Å². The predicted octanol–water partition coefficient (Wildman–Crippen LogP) is 0.531. The van der Waals surface area contributed by atoms with E-state index in [2.05, 4.69) is 38.8 Å². The molecule has 3 N–H and O–H groups in total. The maximum atomic E-state index is 12.4. The zero-order valence-corrected chi connectivity index (χ0v) is 19.3. The molecule has 0 bridgehead atoms. The van der Waals surface area contributed by atoms with Gasteiger partial charge in [0, 0.05) is 31.6 Å². The molecule has 1 aromatic rings. The van der Waals surface area contributed by atoms with Gasteiger partial charge in [0.1, 0.15) is 18.0 Å². The minimum absolute atomic E-state index is 0.0133. The van der Waals surface area contributed by atoms with Crippen molar-refractivity contribution in [3.63, 3.8) is 0 Å². The molecular formula is C20H27N5O7S. The molecule has 1 aliphatic heterocycles. The Morgan fingerprint density at radius 1 is 1.12 bits per heavy atom. The van der Waals surface area contributed by atoms with Gasteiger partial charge in [-0.25, -0.2) is 14.6 Å². The molecule has 0 spiro atoms. The van der Waals surface area contributed by atoms with Gasteiger partial charge in [-0.3, -0.25) is 9.59 Å². The molecule has 0 radical (unpaired) electrons. The lowest BCUT2D eigenvalue weighted by molar-refractivity contribution is -0.137. The molecule has 0 aromatic carbocycles. The van der Waals surface area contributed by atoms with Crippen molar-refractivity contribution in [3.8, 4) is 0 Å². The van der Waals surface area contributed by atoms with E-state index in [1.165, 1.54) is 18.4 Å². The number of hydrogen-bond acceptors (Lipinski definition) is 10. The number of ether oxygens (including phenoxy) is 3. The number of alkyl carbamates (subject to hydrolysis) is 1. The molecule has 2 rings (SSSR count). The molecule has 1 aromatic heterocycles. The predicted molar refractivity (Wildman–Crippen MR) is 120 cm³/mol. The Kier molecular flexibility index (Phi) is 9.82. The van der Waals surface area contributed by atoms with Gasteiger partial charge in [0.2, 0.25) is 0 Å². The summed E-state index contributed by atoms with van der Waals surface area (Å²) in [4.78, 5) is 53.8. The molecule has 1 saturated heterocycles. The lowest BCUT2D eigenvalue weighted by Crippen LogP contribution is -2.45. The first-order valence-corrected chi connectivity index (χ1v) is 10.8. The topological polar surface area (TPSA) is 148 Å².